The number of rotatable bonds is 7. The number of hydrogen-bond acceptors (Lipinski definition) is 3. The number of thioether (sulfide) groups is 1. The van der Waals surface area contributed by atoms with Gasteiger partial charge in [0.15, 0.2) is 0 Å². The Morgan fingerprint density at radius 2 is 1.95 bits per heavy atom. The summed E-state index contributed by atoms with van der Waals surface area (Å²) in [5.41, 5.74) is 1.35. The van der Waals surface area contributed by atoms with E-state index in [2.05, 4.69) is 38.4 Å². The quantitative estimate of drug-likeness (QED) is 0.782. The zero-order valence-electron chi connectivity index (χ0n) is 13.7. The summed E-state index contributed by atoms with van der Waals surface area (Å²) in [6, 6.07) is 10.5. The molecule has 1 aliphatic rings. The van der Waals surface area contributed by atoms with Gasteiger partial charge in [-0.2, -0.15) is 0 Å². The standard InChI is InChI=1S/C18H27NO2S/c1-19(2)13-12-18(20)21-16-10-6-7-11-17(16)22-14-15-8-4-3-5-9-15/h3-5,8-9,16-17H,6-7,10-14H2,1-2H3/p+1/t16-,17-/m1/s1. The van der Waals surface area contributed by atoms with Crippen LogP contribution < -0.4 is 4.90 Å². The molecule has 2 atom stereocenters. The predicted octanol–water partition coefficient (Wildman–Crippen LogP) is 2.31. The van der Waals surface area contributed by atoms with Crippen molar-refractivity contribution in [1.29, 1.82) is 0 Å². The summed E-state index contributed by atoms with van der Waals surface area (Å²) in [5.74, 6) is 0.972. The molecule has 1 aliphatic carbocycles. The second kappa shape index (κ2) is 9.21. The van der Waals surface area contributed by atoms with E-state index in [1.807, 2.05) is 17.8 Å². The molecule has 0 bridgehead atoms. The monoisotopic (exact) mass is 322 g/mol. The molecular weight excluding hydrogens is 294 g/mol. The minimum absolute atomic E-state index is 0.0292. The fourth-order valence-electron chi connectivity index (χ4n) is 2.75. The third-order valence-electron chi connectivity index (χ3n) is 4.06. The van der Waals surface area contributed by atoms with Gasteiger partial charge < -0.3 is 9.64 Å². The van der Waals surface area contributed by atoms with Gasteiger partial charge in [0, 0.05) is 11.0 Å². The molecule has 122 valence electrons. The first-order chi connectivity index (χ1) is 10.6. The molecule has 1 fully saturated rings. The van der Waals surface area contributed by atoms with Crippen molar-refractivity contribution < 1.29 is 14.4 Å². The highest BCUT2D eigenvalue weighted by Crippen LogP contribution is 2.32. The number of ether oxygens (including phenoxy) is 1. The van der Waals surface area contributed by atoms with E-state index in [1.165, 1.54) is 23.3 Å². The number of quaternary nitrogens is 1. The van der Waals surface area contributed by atoms with E-state index in [0.717, 1.165) is 25.1 Å². The van der Waals surface area contributed by atoms with Crippen LogP contribution in [0, 0.1) is 0 Å². The SMILES string of the molecule is C[NH+](C)CCC(=O)O[C@@H]1CCCC[C@H]1SCc1ccccc1. The number of carbonyl (C=O) groups is 1. The van der Waals surface area contributed by atoms with Gasteiger partial charge in [0.2, 0.25) is 0 Å². The van der Waals surface area contributed by atoms with Gasteiger partial charge in [0.25, 0.3) is 0 Å². The topological polar surface area (TPSA) is 30.7 Å². The summed E-state index contributed by atoms with van der Waals surface area (Å²) in [6.07, 6.45) is 5.24. The van der Waals surface area contributed by atoms with E-state index >= 15 is 0 Å². The predicted molar refractivity (Wildman–Crippen MR) is 92.2 cm³/mol. The Morgan fingerprint density at radius 3 is 2.68 bits per heavy atom. The molecule has 0 saturated heterocycles. The molecule has 2 rings (SSSR count). The van der Waals surface area contributed by atoms with E-state index in [-0.39, 0.29) is 12.1 Å². The molecule has 0 radical (unpaired) electrons. The average molecular weight is 322 g/mol. The van der Waals surface area contributed by atoms with E-state index in [4.69, 9.17) is 4.74 Å². The number of esters is 1. The van der Waals surface area contributed by atoms with Crippen LogP contribution in [0.2, 0.25) is 0 Å². The van der Waals surface area contributed by atoms with Crippen molar-refractivity contribution in [1.82, 2.24) is 0 Å². The molecule has 0 aliphatic heterocycles. The van der Waals surface area contributed by atoms with Crippen LogP contribution in [0.5, 0.6) is 0 Å². The first kappa shape index (κ1) is 17.4. The van der Waals surface area contributed by atoms with Gasteiger partial charge in [-0.3, -0.25) is 4.79 Å². The van der Waals surface area contributed by atoms with Gasteiger partial charge in [-0.1, -0.05) is 36.8 Å². The molecule has 1 saturated carbocycles. The third kappa shape index (κ3) is 6.01. The molecule has 1 aromatic rings. The fraction of sp³-hybridized carbons (Fsp3) is 0.611. The van der Waals surface area contributed by atoms with Crippen LogP contribution in [0.3, 0.4) is 0 Å². The van der Waals surface area contributed by atoms with Crippen LogP contribution in [-0.2, 0) is 15.3 Å². The van der Waals surface area contributed by atoms with Gasteiger partial charge in [-0.05, 0) is 24.8 Å². The molecule has 0 amide bonds. The molecule has 22 heavy (non-hydrogen) atoms. The Bertz CT molecular complexity index is 450. The summed E-state index contributed by atoms with van der Waals surface area (Å²) in [7, 11) is 4.12. The zero-order valence-corrected chi connectivity index (χ0v) is 14.5. The Hall–Kier alpha value is -1.00. The van der Waals surface area contributed by atoms with Crippen LogP contribution >= 0.6 is 11.8 Å². The maximum Gasteiger partial charge on any atom is 0.311 e. The van der Waals surface area contributed by atoms with Crippen molar-refractivity contribution in [2.45, 2.75) is 49.2 Å². The number of carbonyl (C=O) groups excluding carboxylic acids is 1. The van der Waals surface area contributed by atoms with Crippen LogP contribution in [0.25, 0.3) is 0 Å². The van der Waals surface area contributed by atoms with Crippen LogP contribution in [0.1, 0.15) is 37.7 Å². The van der Waals surface area contributed by atoms with Crippen LogP contribution in [0.4, 0.5) is 0 Å². The lowest BCUT2D eigenvalue weighted by Gasteiger charge is -2.30. The lowest BCUT2D eigenvalue weighted by atomic mass is 9.97. The highest BCUT2D eigenvalue weighted by molar-refractivity contribution is 7.99. The third-order valence-corrected chi connectivity index (χ3v) is 5.53. The number of hydrogen-bond donors (Lipinski definition) is 1. The van der Waals surface area contributed by atoms with E-state index < -0.39 is 0 Å². The van der Waals surface area contributed by atoms with Crippen molar-refractivity contribution in [3.05, 3.63) is 35.9 Å². The molecule has 1 aromatic carbocycles. The Balaban J connectivity index is 1.81. The average Bonchev–Trinajstić information content (AvgIpc) is 2.53. The Kier molecular flexibility index (Phi) is 7.26. The summed E-state index contributed by atoms with van der Waals surface area (Å²) >= 11 is 1.94. The van der Waals surface area contributed by atoms with E-state index in [9.17, 15) is 4.79 Å². The van der Waals surface area contributed by atoms with E-state index in [1.54, 1.807) is 0 Å². The largest absolute Gasteiger partial charge is 0.461 e. The molecule has 1 N–H and O–H groups in total. The first-order valence-corrected chi connectivity index (χ1v) is 9.34. The maximum atomic E-state index is 12.0. The minimum atomic E-state index is -0.0292. The summed E-state index contributed by atoms with van der Waals surface area (Å²) in [4.78, 5) is 13.3. The van der Waals surface area contributed by atoms with Gasteiger partial charge in [-0.15, -0.1) is 11.8 Å². The highest BCUT2D eigenvalue weighted by Gasteiger charge is 2.28. The number of nitrogens with one attached hydrogen (secondary N) is 1. The molecule has 0 spiro atoms. The Labute approximate surface area is 138 Å². The minimum Gasteiger partial charge on any atom is -0.461 e. The summed E-state index contributed by atoms with van der Waals surface area (Å²) < 4.78 is 5.77. The van der Waals surface area contributed by atoms with Crippen molar-refractivity contribution in [2.24, 2.45) is 0 Å². The van der Waals surface area contributed by atoms with Crippen LogP contribution in [0.15, 0.2) is 30.3 Å². The van der Waals surface area contributed by atoms with Crippen molar-refractivity contribution >= 4 is 17.7 Å². The van der Waals surface area contributed by atoms with E-state index in [0.29, 0.717) is 11.7 Å². The van der Waals surface area contributed by atoms with Gasteiger partial charge in [0.1, 0.15) is 6.10 Å². The normalized spacial score (nSPS) is 21.8. The van der Waals surface area contributed by atoms with Crippen molar-refractivity contribution in [2.75, 3.05) is 20.6 Å². The fourth-order valence-corrected chi connectivity index (χ4v) is 4.08. The van der Waals surface area contributed by atoms with Crippen LogP contribution in [-0.4, -0.2) is 38.0 Å². The van der Waals surface area contributed by atoms with Crippen molar-refractivity contribution in [3.63, 3.8) is 0 Å². The molecule has 3 nitrogen and oxygen atoms in total. The zero-order chi connectivity index (χ0) is 15.8. The molecule has 0 unspecified atom stereocenters. The summed E-state index contributed by atoms with van der Waals surface area (Å²) in [6.45, 7) is 0.841. The molecule has 0 heterocycles. The maximum absolute atomic E-state index is 12.0. The second-order valence-electron chi connectivity index (χ2n) is 6.35. The second-order valence-corrected chi connectivity index (χ2v) is 7.58. The van der Waals surface area contributed by atoms with Gasteiger partial charge in [0.05, 0.1) is 27.1 Å². The number of benzene rings is 1. The highest BCUT2D eigenvalue weighted by atomic mass is 32.2. The summed E-state index contributed by atoms with van der Waals surface area (Å²) in [5, 5.41) is 0.449. The van der Waals surface area contributed by atoms with Gasteiger partial charge >= 0.3 is 5.97 Å². The molecular formula is C18H28NO2S+. The first-order valence-electron chi connectivity index (χ1n) is 8.29. The smallest absolute Gasteiger partial charge is 0.311 e. The molecule has 0 aromatic heterocycles. The Morgan fingerprint density at radius 1 is 1.23 bits per heavy atom. The van der Waals surface area contributed by atoms with Crippen molar-refractivity contribution in [3.8, 4) is 0 Å². The lowest BCUT2D eigenvalue weighted by molar-refractivity contribution is -0.857. The molecule has 4 heteroatoms. The van der Waals surface area contributed by atoms with Gasteiger partial charge in [-0.25, -0.2) is 0 Å². The lowest BCUT2D eigenvalue weighted by Crippen LogP contribution is -3.05.